The Hall–Kier alpha value is -1.20. The van der Waals surface area contributed by atoms with Crippen molar-refractivity contribution in [3.05, 3.63) is 46.2 Å². The van der Waals surface area contributed by atoms with Crippen LogP contribution in [0.1, 0.15) is 17.3 Å². The highest BCUT2D eigenvalue weighted by Gasteiger charge is 2.10. The smallest absolute Gasteiger partial charge is 0.252 e. The monoisotopic (exact) mass is 315 g/mol. The van der Waals surface area contributed by atoms with Crippen LogP contribution in [-0.4, -0.2) is 25.7 Å². The van der Waals surface area contributed by atoms with Crippen LogP contribution in [0.3, 0.4) is 0 Å². The van der Waals surface area contributed by atoms with Crippen LogP contribution in [-0.2, 0) is 4.74 Å². The van der Waals surface area contributed by atoms with E-state index in [1.807, 2.05) is 6.92 Å². The van der Waals surface area contributed by atoms with Gasteiger partial charge in [0.2, 0.25) is 0 Å². The second-order valence-corrected chi connectivity index (χ2v) is 4.74. The summed E-state index contributed by atoms with van der Waals surface area (Å²) in [5.74, 6) is -0.776. The predicted octanol–water partition coefficient (Wildman–Crippen LogP) is 2.91. The zero-order chi connectivity index (χ0) is 13.5. The minimum Gasteiger partial charge on any atom is -0.375 e. The third-order valence-electron chi connectivity index (χ3n) is 2.05. The van der Waals surface area contributed by atoms with Gasteiger partial charge in [0.25, 0.3) is 5.91 Å². The van der Waals surface area contributed by atoms with Crippen molar-refractivity contribution in [3.63, 3.8) is 0 Å². The standard InChI is InChI=1S/C13H15BrFNO2/c1-9(2)8-18-6-5-16-13(17)11-7-10(15)3-4-12(11)14/h3-4,7H,1,5-6,8H2,2H3,(H,16,17). The molecule has 1 aromatic carbocycles. The molecule has 0 fully saturated rings. The Morgan fingerprint density at radius 2 is 2.28 bits per heavy atom. The summed E-state index contributed by atoms with van der Waals surface area (Å²) in [6.07, 6.45) is 0. The van der Waals surface area contributed by atoms with E-state index < -0.39 is 5.82 Å². The SMILES string of the molecule is C=C(C)COCCNC(=O)c1cc(F)ccc1Br. The Morgan fingerprint density at radius 1 is 1.56 bits per heavy atom. The van der Waals surface area contributed by atoms with Crippen LogP contribution in [0, 0.1) is 5.82 Å². The van der Waals surface area contributed by atoms with Crippen molar-refractivity contribution in [2.24, 2.45) is 0 Å². The van der Waals surface area contributed by atoms with Crippen LogP contribution in [0.25, 0.3) is 0 Å². The van der Waals surface area contributed by atoms with Gasteiger partial charge in [-0.25, -0.2) is 4.39 Å². The Labute approximate surface area is 114 Å². The molecule has 0 bridgehead atoms. The van der Waals surface area contributed by atoms with E-state index in [0.29, 0.717) is 24.2 Å². The molecule has 0 saturated carbocycles. The Bertz CT molecular complexity index is 449. The molecule has 0 aliphatic rings. The molecular weight excluding hydrogens is 301 g/mol. The van der Waals surface area contributed by atoms with Gasteiger partial charge in [0.15, 0.2) is 0 Å². The third kappa shape index (κ3) is 4.98. The lowest BCUT2D eigenvalue weighted by Gasteiger charge is -2.07. The molecule has 1 amide bonds. The molecule has 3 nitrogen and oxygen atoms in total. The van der Waals surface area contributed by atoms with Crippen LogP contribution in [0.5, 0.6) is 0 Å². The summed E-state index contributed by atoms with van der Waals surface area (Å²) in [5, 5.41) is 2.65. The van der Waals surface area contributed by atoms with Gasteiger partial charge in [-0.15, -0.1) is 0 Å². The van der Waals surface area contributed by atoms with Gasteiger partial charge in [-0.1, -0.05) is 12.2 Å². The maximum absolute atomic E-state index is 13.0. The van der Waals surface area contributed by atoms with Crippen molar-refractivity contribution in [1.29, 1.82) is 0 Å². The van der Waals surface area contributed by atoms with Crippen molar-refractivity contribution in [1.82, 2.24) is 5.32 Å². The molecule has 1 rings (SSSR count). The molecule has 0 aliphatic heterocycles. The van der Waals surface area contributed by atoms with Crippen LogP contribution in [0.4, 0.5) is 4.39 Å². The number of ether oxygens (including phenoxy) is 1. The number of hydrogen-bond acceptors (Lipinski definition) is 2. The number of rotatable bonds is 6. The second-order valence-electron chi connectivity index (χ2n) is 3.89. The molecular formula is C13H15BrFNO2. The summed E-state index contributed by atoms with van der Waals surface area (Å²) < 4.78 is 18.8. The first-order valence-electron chi connectivity index (χ1n) is 5.46. The molecule has 1 aromatic rings. The van der Waals surface area contributed by atoms with E-state index in [0.717, 1.165) is 5.57 Å². The average molecular weight is 316 g/mol. The minimum absolute atomic E-state index is 0.273. The largest absolute Gasteiger partial charge is 0.375 e. The average Bonchev–Trinajstić information content (AvgIpc) is 2.31. The van der Waals surface area contributed by atoms with Gasteiger partial charge in [-0.3, -0.25) is 4.79 Å². The molecule has 0 spiro atoms. The lowest BCUT2D eigenvalue weighted by atomic mass is 10.2. The molecule has 0 atom stereocenters. The molecule has 0 saturated heterocycles. The van der Waals surface area contributed by atoms with E-state index in [-0.39, 0.29) is 11.5 Å². The van der Waals surface area contributed by atoms with Gasteiger partial charge in [-0.2, -0.15) is 0 Å². The summed E-state index contributed by atoms with van der Waals surface area (Å²) in [4.78, 5) is 11.7. The van der Waals surface area contributed by atoms with Gasteiger partial charge < -0.3 is 10.1 Å². The molecule has 0 aromatic heterocycles. The molecule has 0 aliphatic carbocycles. The van der Waals surface area contributed by atoms with Crippen molar-refractivity contribution in [2.45, 2.75) is 6.92 Å². The molecule has 5 heteroatoms. The fourth-order valence-corrected chi connectivity index (χ4v) is 1.68. The number of carbonyl (C=O) groups is 1. The molecule has 1 N–H and O–H groups in total. The van der Waals surface area contributed by atoms with Crippen molar-refractivity contribution < 1.29 is 13.9 Å². The maximum Gasteiger partial charge on any atom is 0.252 e. The number of nitrogens with one attached hydrogen (secondary N) is 1. The van der Waals surface area contributed by atoms with Crippen LogP contribution in [0.2, 0.25) is 0 Å². The fourth-order valence-electron chi connectivity index (χ4n) is 1.25. The molecule has 98 valence electrons. The number of halogens is 2. The maximum atomic E-state index is 13.0. The molecule has 18 heavy (non-hydrogen) atoms. The molecule has 0 unspecified atom stereocenters. The van der Waals surface area contributed by atoms with Crippen LogP contribution < -0.4 is 5.32 Å². The lowest BCUT2D eigenvalue weighted by Crippen LogP contribution is -2.27. The van der Waals surface area contributed by atoms with E-state index in [2.05, 4.69) is 27.8 Å². The number of hydrogen-bond donors (Lipinski definition) is 1. The highest BCUT2D eigenvalue weighted by molar-refractivity contribution is 9.10. The van der Waals surface area contributed by atoms with E-state index in [1.54, 1.807) is 0 Å². The van der Waals surface area contributed by atoms with Gasteiger partial charge in [0.05, 0.1) is 18.8 Å². The highest BCUT2D eigenvalue weighted by atomic mass is 79.9. The Kier molecular flexibility index (Phi) is 6.01. The van der Waals surface area contributed by atoms with Gasteiger partial charge in [-0.05, 0) is 41.1 Å². The first-order valence-corrected chi connectivity index (χ1v) is 6.25. The summed E-state index contributed by atoms with van der Waals surface area (Å²) >= 11 is 3.20. The predicted molar refractivity (Wildman–Crippen MR) is 72.1 cm³/mol. The minimum atomic E-state index is -0.443. The molecule has 0 radical (unpaired) electrons. The summed E-state index contributed by atoms with van der Waals surface area (Å²) in [6, 6.07) is 3.98. The number of carbonyl (C=O) groups excluding carboxylic acids is 1. The third-order valence-corrected chi connectivity index (χ3v) is 2.74. The van der Waals surface area contributed by atoms with E-state index in [1.165, 1.54) is 18.2 Å². The highest BCUT2D eigenvalue weighted by Crippen LogP contribution is 2.17. The zero-order valence-electron chi connectivity index (χ0n) is 10.1. The van der Waals surface area contributed by atoms with Crippen molar-refractivity contribution in [3.8, 4) is 0 Å². The quantitative estimate of drug-likeness (QED) is 0.647. The zero-order valence-corrected chi connectivity index (χ0v) is 11.7. The van der Waals surface area contributed by atoms with Crippen molar-refractivity contribution >= 4 is 21.8 Å². The topological polar surface area (TPSA) is 38.3 Å². The van der Waals surface area contributed by atoms with Gasteiger partial charge >= 0.3 is 0 Å². The number of amides is 1. The lowest BCUT2D eigenvalue weighted by molar-refractivity contribution is 0.0925. The van der Waals surface area contributed by atoms with Crippen LogP contribution >= 0.6 is 15.9 Å². The van der Waals surface area contributed by atoms with E-state index >= 15 is 0 Å². The number of benzene rings is 1. The fraction of sp³-hybridized carbons (Fsp3) is 0.308. The first kappa shape index (κ1) is 14.9. The second kappa shape index (κ2) is 7.28. The summed E-state index contributed by atoms with van der Waals surface area (Å²) in [7, 11) is 0. The van der Waals surface area contributed by atoms with Gasteiger partial charge in [0.1, 0.15) is 5.82 Å². The van der Waals surface area contributed by atoms with Gasteiger partial charge in [0, 0.05) is 11.0 Å². The van der Waals surface area contributed by atoms with E-state index in [4.69, 9.17) is 4.74 Å². The van der Waals surface area contributed by atoms with Crippen molar-refractivity contribution in [2.75, 3.05) is 19.8 Å². The molecule has 0 heterocycles. The van der Waals surface area contributed by atoms with Crippen LogP contribution in [0.15, 0.2) is 34.8 Å². The summed E-state index contributed by atoms with van der Waals surface area (Å²) in [6.45, 7) is 6.80. The Balaban J connectivity index is 2.41. The summed E-state index contributed by atoms with van der Waals surface area (Å²) in [5.41, 5.74) is 1.20. The first-order chi connectivity index (χ1) is 8.50. The Morgan fingerprint density at radius 3 is 2.94 bits per heavy atom. The normalized spacial score (nSPS) is 10.2. The van der Waals surface area contributed by atoms with E-state index in [9.17, 15) is 9.18 Å².